The Morgan fingerprint density at radius 3 is 2.57 bits per heavy atom. The van der Waals surface area contributed by atoms with Crippen molar-refractivity contribution in [2.75, 3.05) is 10.2 Å². The van der Waals surface area contributed by atoms with Crippen LogP contribution in [0, 0.1) is 0 Å². The molecule has 10 heteroatoms. The minimum absolute atomic E-state index is 0.00921. The normalized spacial score (nSPS) is 19.2. The van der Waals surface area contributed by atoms with Crippen molar-refractivity contribution in [1.82, 2.24) is 19.7 Å². The number of fused-ring (bicyclic) bond motifs is 1. The molecule has 2 fully saturated rings. The molecule has 37 heavy (non-hydrogen) atoms. The number of pyridine rings is 1. The van der Waals surface area contributed by atoms with E-state index in [-0.39, 0.29) is 23.1 Å². The van der Waals surface area contributed by atoms with Crippen molar-refractivity contribution in [3.05, 3.63) is 64.7 Å². The van der Waals surface area contributed by atoms with Crippen LogP contribution in [0.4, 0.5) is 24.8 Å². The van der Waals surface area contributed by atoms with Gasteiger partial charge in [-0.15, -0.1) is 10.2 Å². The lowest BCUT2D eigenvalue weighted by atomic mass is 9.62. The number of nitrogens with one attached hydrogen (secondary N) is 1. The van der Waals surface area contributed by atoms with Crippen molar-refractivity contribution in [3.8, 4) is 0 Å². The number of anilines is 2. The number of halogens is 3. The highest BCUT2D eigenvalue weighted by Crippen LogP contribution is 2.48. The zero-order chi connectivity index (χ0) is 25.8. The van der Waals surface area contributed by atoms with Crippen molar-refractivity contribution in [2.45, 2.75) is 75.5 Å². The number of aryl methyl sites for hydroxylation is 1. The average molecular weight is 511 g/mol. The topological polar surface area (TPSA) is 75.9 Å². The predicted molar refractivity (Wildman–Crippen MR) is 132 cm³/mol. The first-order valence-corrected chi connectivity index (χ1v) is 12.9. The van der Waals surface area contributed by atoms with Gasteiger partial charge in [0, 0.05) is 30.5 Å². The van der Waals surface area contributed by atoms with Crippen molar-refractivity contribution < 1.29 is 18.0 Å². The number of nitrogens with zero attached hydrogens (tertiary/aromatic N) is 5. The van der Waals surface area contributed by atoms with Gasteiger partial charge in [-0.05, 0) is 61.1 Å². The number of aromatic nitrogens is 4. The number of carbonyl (C=O) groups is 1. The zero-order valence-electron chi connectivity index (χ0n) is 20.7. The minimum Gasteiger partial charge on any atom is -0.367 e. The van der Waals surface area contributed by atoms with E-state index in [1.807, 2.05) is 17.7 Å². The van der Waals surface area contributed by atoms with Gasteiger partial charge < -0.3 is 9.88 Å². The Hall–Kier alpha value is -3.43. The highest BCUT2D eigenvalue weighted by molar-refractivity contribution is 6.10. The summed E-state index contributed by atoms with van der Waals surface area (Å²) in [7, 11) is 1.92. The van der Waals surface area contributed by atoms with Gasteiger partial charge in [0.05, 0.1) is 12.1 Å². The summed E-state index contributed by atoms with van der Waals surface area (Å²) in [4.78, 5) is 19.5. The van der Waals surface area contributed by atoms with Gasteiger partial charge in [-0.1, -0.05) is 25.3 Å². The first-order valence-electron chi connectivity index (χ1n) is 12.9. The van der Waals surface area contributed by atoms with Crippen molar-refractivity contribution in [2.24, 2.45) is 7.05 Å². The van der Waals surface area contributed by atoms with Gasteiger partial charge >= 0.3 is 6.18 Å². The molecular formula is C27H29F3N6O. The van der Waals surface area contributed by atoms with E-state index in [2.05, 4.69) is 21.6 Å². The summed E-state index contributed by atoms with van der Waals surface area (Å²) in [5.74, 6) is 1.48. The third-order valence-corrected chi connectivity index (χ3v) is 8.29. The van der Waals surface area contributed by atoms with Crippen molar-refractivity contribution >= 4 is 17.5 Å². The molecule has 1 N–H and O–H groups in total. The van der Waals surface area contributed by atoms with Crippen molar-refractivity contribution in [1.29, 1.82) is 0 Å². The molecule has 194 valence electrons. The van der Waals surface area contributed by atoms with E-state index >= 15 is 0 Å². The van der Waals surface area contributed by atoms with Gasteiger partial charge in [0.2, 0.25) is 0 Å². The van der Waals surface area contributed by atoms with Crippen LogP contribution in [0.1, 0.15) is 77.8 Å². The van der Waals surface area contributed by atoms with E-state index in [1.165, 1.54) is 17.0 Å². The predicted octanol–water partition coefficient (Wildman–Crippen LogP) is 5.41. The van der Waals surface area contributed by atoms with Crippen LogP contribution in [0.15, 0.2) is 36.7 Å². The first kappa shape index (κ1) is 23.9. The lowest BCUT2D eigenvalue weighted by Crippen LogP contribution is -2.38. The molecule has 2 saturated carbocycles. The third kappa shape index (κ3) is 4.26. The molecule has 0 spiro atoms. The fourth-order valence-electron chi connectivity index (χ4n) is 6.04. The Morgan fingerprint density at radius 1 is 1.14 bits per heavy atom. The maximum absolute atomic E-state index is 13.7. The van der Waals surface area contributed by atoms with Crippen LogP contribution < -0.4 is 10.2 Å². The molecule has 0 saturated heterocycles. The van der Waals surface area contributed by atoms with Gasteiger partial charge in [0.15, 0.2) is 0 Å². The van der Waals surface area contributed by atoms with Crippen LogP contribution in [0.2, 0.25) is 0 Å². The number of carbonyl (C=O) groups excluding carboxylic acids is 1. The summed E-state index contributed by atoms with van der Waals surface area (Å²) in [6, 6.07) is 8.06. The quantitative estimate of drug-likeness (QED) is 0.480. The molecule has 3 heterocycles. The smallest absolute Gasteiger partial charge is 0.367 e. The Bertz CT molecular complexity index is 1340. The molecule has 3 aromatic rings. The van der Waals surface area contributed by atoms with E-state index in [1.54, 1.807) is 6.33 Å². The number of rotatable bonds is 6. The maximum Gasteiger partial charge on any atom is 0.416 e. The lowest BCUT2D eigenvalue weighted by Gasteiger charge is -2.42. The summed E-state index contributed by atoms with van der Waals surface area (Å²) in [5, 5.41) is 11.9. The molecule has 0 atom stereocenters. The number of hydrogen-bond acceptors (Lipinski definition) is 5. The third-order valence-electron chi connectivity index (χ3n) is 8.29. The Morgan fingerprint density at radius 2 is 1.92 bits per heavy atom. The van der Waals surface area contributed by atoms with E-state index < -0.39 is 17.6 Å². The summed E-state index contributed by atoms with van der Waals surface area (Å²) in [6.07, 6.45) is 5.25. The monoisotopic (exact) mass is 510 g/mol. The standard InChI is InChI=1S/C27H29F3N6O/c1-35-16-31-34-24(35)14-26(10-5-11-26)17-12-22(32-18-6-2-3-7-18)33-23(13-17)36-15-20-19(25(36)37)8-4-9-21(20)27(28,29)30/h4,8-9,12-13,16,18H,2-3,5-7,10-11,14-15H2,1H3,(H,32,33). The van der Waals surface area contributed by atoms with Crippen molar-refractivity contribution in [3.63, 3.8) is 0 Å². The molecule has 0 unspecified atom stereocenters. The van der Waals surface area contributed by atoms with E-state index in [0.717, 1.165) is 62.4 Å². The second kappa shape index (κ2) is 8.85. The molecule has 1 amide bonds. The molecule has 0 radical (unpaired) electrons. The fraction of sp³-hybridized carbons (Fsp3) is 0.481. The molecule has 1 aliphatic heterocycles. The van der Waals surface area contributed by atoms with E-state index in [0.29, 0.717) is 24.1 Å². The van der Waals surface area contributed by atoms with E-state index in [4.69, 9.17) is 4.98 Å². The highest BCUT2D eigenvalue weighted by Gasteiger charge is 2.43. The van der Waals surface area contributed by atoms with Gasteiger partial charge in [-0.25, -0.2) is 4.98 Å². The zero-order valence-corrected chi connectivity index (χ0v) is 20.7. The Balaban J connectivity index is 1.40. The van der Waals surface area contributed by atoms with E-state index in [9.17, 15) is 18.0 Å². The SMILES string of the molecule is Cn1cnnc1CC1(c2cc(NC3CCCC3)nc(N3Cc4c(cccc4C(F)(F)F)C3=O)c2)CCC1. The number of alkyl halides is 3. The van der Waals surface area contributed by atoms with Crippen LogP contribution >= 0.6 is 0 Å². The summed E-state index contributed by atoms with van der Waals surface area (Å²) >= 11 is 0. The molecule has 3 aliphatic rings. The van der Waals surface area contributed by atoms with Gasteiger partial charge in [0.25, 0.3) is 5.91 Å². The Labute approximate surface area is 213 Å². The number of benzene rings is 1. The average Bonchev–Trinajstić information content (AvgIpc) is 3.57. The van der Waals surface area contributed by atoms with Crippen LogP contribution in [0.25, 0.3) is 0 Å². The molecule has 1 aromatic carbocycles. The molecule has 2 aromatic heterocycles. The maximum atomic E-state index is 13.7. The summed E-state index contributed by atoms with van der Waals surface area (Å²) < 4.78 is 43.0. The number of hydrogen-bond donors (Lipinski definition) is 1. The van der Waals surface area contributed by atoms with Crippen LogP contribution in [0.3, 0.4) is 0 Å². The lowest BCUT2D eigenvalue weighted by molar-refractivity contribution is -0.138. The van der Waals surface area contributed by atoms with Gasteiger partial charge in [-0.3, -0.25) is 9.69 Å². The first-order chi connectivity index (χ1) is 17.7. The van der Waals surface area contributed by atoms with Gasteiger partial charge in [0.1, 0.15) is 23.8 Å². The molecular weight excluding hydrogens is 481 g/mol. The number of amides is 1. The molecule has 0 bridgehead atoms. The second-order valence-corrected chi connectivity index (χ2v) is 10.6. The Kier molecular flexibility index (Phi) is 5.72. The molecule has 7 nitrogen and oxygen atoms in total. The minimum atomic E-state index is -4.53. The van der Waals surface area contributed by atoms with Crippen LogP contribution in [-0.2, 0) is 31.6 Å². The highest BCUT2D eigenvalue weighted by atomic mass is 19.4. The largest absolute Gasteiger partial charge is 0.416 e. The molecule has 2 aliphatic carbocycles. The summed E-state index contributed by atoms with van der Waals surface area (Å²) in [6.45, 7) is -0.153. The van der Waals surface area contributed by atoms with Crippen LogP contribution in [-0.4, -0.2) is 31.7 Å². The van der Waals surface area contributed by atoms with Crippen LogP contribution in [0.5, 0.6) is 0 Å². The summed E-state index contributed by atoms with van der Waals surface area (Å²) in [5.41, 5.74) is 0.183. The fourth-order valence-corrected chi connectivity index (χ4v) is 6.04. The molecule has 6 rings (SSSR count). The van der Waals surface area contributed by atoms with Gasteiger partial charge in [-0.2, -0.15) is 13.2 Å². The second-order valence-electron chi connectivity index (χ2n) is 10.6.